The number of piperidine rings is 1. The fourth-order valence-electron chi connectivity index (χ4n) is 2.63. The molecule has 2 aliphatic rings. The summed E-state index contributed by atoms with van der Waals surface area (Å²) in [4.78, 5) is 0. The summed E-state index contributed by atoms with van der Waals surface area (Å²) in [5.41, 5.74) is -0.0143. The highest BCUT2D eigenvalue weighted by Crippen LogP contribution is 2.35. The van der Waals surface area contributed by atoms with Crippen molar-refractivity contribution in [3.05, 3.63) is 0 Å². The minimum atomic E-state index is -2.92. The van der Waals surface area contributed by atoms with Crippen molar-refractivity contribution in [3.63, 3.8) is 0 Å². The van der Waals surface area contributed by atoms with Gasteiger partial charge in [0, 0.05) is 12.2 Å². The highest BCUT2D eigenvalue weighted by molar-refractivity contribution is 7.91. The number of rotatable bonds is 5. The largest absolute Gasteiger partial charge is 0.375 e. The van der Waals surface area contributed by atoms with E-state index in [1.165, 1.54) is 0 Å². The van der Waals surface area contributed by atoms with Gasteiger partial charge in [-0.15, -0.1) is 0 Å². The predicted octanol–water partition coefficient (Wildman–Crippen LogP) is 0.349. The second-order valence-electron chi connectivity index (χ2n) is 5.18. The van der Waals surface area contributed by atoms with Crippen molar-refractivity contribution in [3.8, 4) is 0 Å². The average Bonchev–Trinajstić information content (AvgIpc) is 2.73. The third-order valence-corrected chi connectivity index (χ3v) is 5.55. The molecule has 0 aliphatic carbocycles. The Bertz CT molecular complexity index is 362. The van der Waals surface area contributed by atoms with Gasteiger partial charge in [0.25, 0.3) is 0 Å². The number of nitrogens with one attached hydrogen (secondary N) is 1. The van der Waals surface area contributed by atoms with Crippen LogP contribution in [0.1, 0.15) is 26.2 Å². The molecule has 0 aromatic carbocycles. The van der Waals surface area contributed by atoms with Crippen LogP contribution in [0.25, 0.3) is 0 Å². The Morgan fingerprint density at radius 3 is 2.78 bits per heavy atom. The summed E-state index contributed by atoms with van der Waals surface area (Å²) in [6.07, 6.45) is 3.02. The fraction of sp³-hybridized carbons (Fsp3) is 1.00. The molecule has 1 spiro atoms. The second kappa shape index (κ2) is 5.86. The molecular formula is C12H23NO4S. The molecule has 18 heavy (non-hydrogen) atoms. The van der Waals surface area contributed by atoms with Crippen LogP contribution in [0.15, 0.2) is 0 Å². The molecule has 2 rings (SSSR count). The van der Waals surface area contributed by atoms with Crippen molar-refractivity contribution in [1.29, 1.82) is 0 Å². The fourth-order valence-corrected chi connectivity index (χ4v) is 3.27. The molecule has 2 heterocycles. The Hall–Kier alpha value is -0.170. The Morgan fingerprint density at radius 2 is 2.11 bits per heavy atom. The van der Waals surface area contributed by atoms with Crippen LogP contribution < -0.4 is 5.32 Å². The van der Waals surface area contributed by atoms with Crippen LogP contribution in [0, 0.1) is 0 Å². The number of ether oxygens (including phenoxy) is 2. The Balaban J connectivity index is 1.73. The van der Waals surface area contributed by atoms with E-state index in [2.05, 4.69) is 5.32 Å². The normalized spacial score (nSPS) is 27.7. The molecule has 106 valence electrons. The predicted molar refractivity (Wildman–Crippen MR) is 69.5 cm³/mol. The monoisotopic (exact) mass is 277 g/mol. The lowest BCUT2D eigenvalue weighted by molar-refractivity contribution is -0.0228. The van der Waals surface area contributed by atoms with Gasteiger partial charge < -0.3 is 14.8 Å². The molecule has 1 atom stereocenters. The maximum Gasteiger partial charge on any atom is 0.152 e. The van der Waals surface area contributed by atoms with Gasteiger partial charge in [-0.1, -0.05) is 6.92 Å². The quantitative estimate of drug-likeness (QED) is 0.785. The van der Waals surface area contributed by atoms with Crippen LogP contribution >= 0.6 is 0 Å². The zero-order chi connectivity index (χ0) is 13.1. The van der Waals surface area contributed by atoms with Gasteiger partial charge in [0.1, 0.15) is 0 Å². The minimum absolute atomic E-state index is 0.0143. The van der Waals surface area contributed by atoms with E-state index in [9.17, 15) is 8.42 Å². The molecule has 0 bridgehead atoms. The van der Waals surface area contributed by atoms with Gasteiger partial charge in [-0.3, -0.25) is 0 Å². The van der Waals surface area contributed by atoms with E-state index in [1.54, 1.807) is 6.92 Å². The minimum Gasteiger partial charge on any atom is -0.375 e. The van der Waals surface area contributed by atoms with Crippen LogP contribution in [0.5, 0.6) is 0 Å². The summed E-state index contributed by atoms with van der Waals surface area (Å²) in [5, 5.41) is 3.32. The van der Waals surface area contributed by atoms with Gasteiger partial charge in [0.15, 0.2) is 9.84 Å². The van der Waals surface area contributed by atoms with Gasteiger partial charge in [-0.2, -0.15) is 0 Å². The molecule has 1 N–H and O–H groups in total. The van der Waals surface area contributed by atoms with Crippen molar-refractivity contribution in [2.24, 2.45) is 0 Å². The lowest BCUT2D eigenvalue weighted by atomic mass is 9.89. The van der Waals surface area contributed by atoms with Gasteiger partial charge in [-0.25, -0.2) is 8.42 Å². The summed E-state index contributed by atoms with van der Waals surface area (Å²) < 4.78 is 34.2. The Labute approximate surface area is 109 Å². The molecule has 0 aromatic rings. The van der Waals surface area contributed by atoms with Gasteiger partial charge >= 0.3 is 0 Å². The lowest BCUT2D eigenvalue weighted by Gasteiger charge is -2.32. The first-order valence-electron chi connectivity index (χ1n) is 6.72. The topological polar surface area (TPSA) is 64.6 Å². The highest BCUT2D eigenvalue weighted by Gasteiger charge is 2.41. The first kappa shape index (κ1) is 14.2. The first-order valence-corrected chi connectivity index (χ1v) is 8.54. The molecular weight excluding hydrogens is 254 g/mol. The molecule has 0 radical (unpaired) electrons. The summed E-state index contributed by atoms with van der Waals surface area (Å²) in [6, 6.07) is 0. The van der Waals surface area contributed by atoms with E-state index in [1.807, 2.05) is 0 Å². The SMILES string of the molecule is CCS(=O)(=O)CCOC1COC2(CCNCC2)C1. The third-order valence-electron chi connectivity index (χ3n) is 3.88. The van der Waals surface area contributed by atoms with Crippen LogP contribution in [0.3, 0.4) is 0 Å². The van der Waals surface area contributed by atoms with Crippen molar-refractivity contribution >= 4 is 9.84 Å². The highest BCUT2D eigenvalue weighted by atomic mass is 32.2. The summed E-state index contributed by atoms with van der Waals surface area (Å²) in [6.45, 7) is 4.55. The maximum absolute atomic E-state index is 11.3. The van der Waals surface area contributed by atoms with Crippen molar-refractivity contribution < 1.29 is 17.9 Å². The zero-order valence-corrected chi connectivity index (χ0v) is 11.8. The van der Waals surface area contributed by atoms with E-state index >= 15 is 0 Å². The molecule has 2 fully saturated rings. The van der Waals surface area contributed by atoms with Crippen molar-refractivity contribution in [1.82, 2.24) is 5.32 Å². The van der Waals surface area contributed by atoms with E-state index in [-0.39, 0.29) is 23.2 Å². The summed E-state index contributed by atoms with van der Waals surface area (Å²) >= 11 is 0. The molecule has 5 nitrogen and oxygen atoms in total. The molecule has 1 unspecified atom stereocenters. The molecule has 2 saturated heterocycles. The van der Waals surface area contributed by atoms with E-state index in [4.69, 9.17) is 9.47 Å². The zero-order valence-electron chi connectivity index (χ0n) is 11.0. The van der Waals surface area contributed by atoms with Gasteiger partial charge in [0.05, 0.1) is 30.7 Å². The van der Waals surface area contributed by atoms with Crippen LogP contribution in [0.4, 0.5) is 0 Å². The van der Waals surface area contributed by atoms with Crippen molar-refractivity contribution in [2.75, 3.05) is 37.8 Å². The number of sulfone groups is 1. The number of hydrogen-bond acceptors (Lipinski definition) is 5. The Morgan fingerprint density at radius 1 is 1.39 bits per heavy atom. The van der Waals surface area contributed by atoms with Crippen LogP contribution in [0.2, 0.25) is 0 Å². The maximum atomic E-state index is 11.3. The van der Waals surface area contributed by atoms with E-state index < -0.39 is 9.84 Å². The van der Waals surface area contributed by atoms with Gasteiger partial charge in [-0.05, 0) is 25.9 Å². The molecule has 6 heteroatoms. The van der Waals surface area contributed by atoms with Gasteiger partial charge in [0.2, 0.25) is 0 Å². The Kier molecular flexibility index (Phi) is 4.64. The van der Waals surface area contributed by atoms with Crippen LogP contribution in [-0.4, -0.2) is 57.9 Å². The summed E-state index contributed by atoms with van der Waals surface area (Å²) in [7, 11) is -2.92. The molecule has 0 saturated carbocycles. The van der Waals surface area contributed by atoms with Crippen molar-refractivity contribution in [2.45, 2.75) is 37.9 Å². The van der Waals surface area contributed by atoms with E-state index in [0.29, 0.717) is 13.2 Å². The second-order valence-corrected chi connectivity index (χ2v) is 7.65. The first-order chi connectivity index (χ1) is 8.55. The molecule has 0 aromatic heterocycles. The molecule has 2 aliphatic heterocycles. The lowest BCUT2D eigenvalue weighted by Crippen LogP contribution is -2.41. The third kappa shape index (κ3) is 3.66. The van der Waals surface area contributed by atoms with Crippen LogP contribution in [-0.2, 0) is 19.3 Å². The number of hydrogen-bond donors (Lipinski definition) is 1. The summed E-state index contributed by atoms with van der Waals surface area (Å²) in [5.74, 6) is 0.307. The van der Waals surface area contributed by atoms with E-state index in [0.717, 1.165) is 32.4 Å². The molecule has 0 amide bonds. The standard InChI is InChI=1S/C12H23NO4S/c1-2-18(14,15)8-7-16-11-9-12(17-10-11)3-5-13-6-4-12/h11,13H,2-10H2,1H3. The average molecular weight is 277 g/mol. The smallest absolute Gasteiger partial charge is 0.152 e.